The molecule has 3 rings (SSSR count). The highest BCUT2D eigenvalue weighted by molar-refractivity contribution is 5.82. The molecule has 1 aromatic carbocycles. The largest absolute Gasteiger partial charge is 0.394 e. The van der Waals surface area contributed by atoms with Gasteiger partial charge in [0.25, 0.3) is 5.91 Å². The number of amides is 1. The average Bonchev–Trinajstić information content (AvgIpc) is 3.41. The topological polar surface area (TPSA) is 61.8 Å². The molecule has 1 heterocycles. The first kappa shape index (κ1) is 16.4. The van der Waals surface area contributed by atoms with Crippen molar-refractivity contribution in [2.75, 3.05) is 26.3 Å². The molecular formula is C18H26N2O3. The second kappa shape index (κ2) is 6.99. The summed E-state index contributed by atoms with van der Waals surface area (Å²) in [5.74, 6) is 0.284. The summed E-state index contributed by atoms with van der Waals surface area (Å²) in [5, 5.41) is 12.6. The summed E-state index contributed by atoms with van der Waals surface area (Å²) >= 11 is 0. The first-order valence-corrected chi connectivity index (χ1v) is 8.41. The Balaban J connectivity index is 1.56. The number of aliphatic hydroxyl groups is 1. The van der Waals surface area contributed by atoms with Crippen molar-refractivity contribution < 1.29 is 14.6 Å². The molecular weight excluding hydrogens is 292 g/mol. The van der Waals surface area contributed by atoms with Gasteiger partial charge in [-0.15, -0.1) is 0 Å². The van der Waals surface area contributed by atoms with E-state index in [4.69, 9.17) is 4.74 Å². The summed E-state index contributed by atoms with van der Waals surface area (Å²) in [6.07, 6.45) is 1.68. The number of rotatable bonds is 6. The molecule has 2 N–H and O–H groups in total. The number of aliphatic hydroxyl groups excluding tert-OH is 1. The van der Waals surface area contributed by atoms with Crippen LogP contribution < -0.4 is 5.32 Å². The van der Waals surface area contributed by atoms with Crippen molar-refractivity contribution in [3.8, 4) is 0 Å². The maximum absolute atomic E-state index is 12.5. The van der Waals surface area contributed by atoms with Gasteiger partial charge in [-0.3, -0.25) is 9.69 Å². The van der Waals surface area contributed by atoms with Crippen molar-refractivity contribution in [1.29, 1.82) is 0 Å². The van der Waals surface area contributed by atoms with E-state index in [0.29, 0.717) is 19.1 Å². The van der Waals surface area contributed by atoms with Crippen LogP contribution in [0.4, 0.5) is 0 Å². The van der Waals surface area contributed by atoms with Gasteiger partial charge in [0.05, 0.1) is 18.8 Å². The van der Waals surface area contributed by atoms with E-state index in [0.717, 1.165) is 25.9 Å². The predicted octanol–water partition coefficient (Wildman–Crippen LogP) is 1.16. The fraction of sp³-hybridized carbons (Fsp3) is 0.611. The Bertz CT molecular complexity index is 532. The third kappa shape index (κ3) is 4.10. The van der Waals surface area contributed by atoms with Gasteiger partial charge in [-0.1, -0.05) is 30.3 Å². The van der Waals surface area contributed by atoms with Crippen LogP contribution in [0.15, 0.2) is 30.3 Å². The molecule has 0 bridgehead atoms. The number of ether oxygens (including phenoxy) is 1. The monoisotopic (exact) mass is 318 g/mol. The van der Waals surface area contributed by atoms with E-state index in [1.54, 1.807) is 0 Å². The summed E-state index contributed by atoms with van der Waals surface area (Å²) in [5.41, 5.74) is 0.731. The predicted molar refractivity (Wildman–Crippen MR) is 87.8 cm³/mol. The summed E-state index contributed by atoms with van der Waals surface area (Å²) in [4.78, 5) is 14.8. The van der Waals surface area contributed by atoms with Gasteiger partial charge >= 0.3 is 0 Å². The van der Waals surface area contributed by atoms with E-state index < -0.39 is 11.6 Å². The lowest BCUT2D eigenvalue weighted by Gasteiger charge is -2.35. The lowest BCUT2D eigenvalue weighted by molar-refractivity contribution is -0.141. The maximum Gasteiger partial charge on any atom is 0.250 e. The molecule has 2 fully saturated rings. The molecule has 126 valence electrons. The standard InChI is InChI=1S/C18H26N2O3/c1-18(13-21,15-7-8-15)19-17(22)16-12-20(9-10-23-16)11-14-5-3-2-4-6-14/h2-6,15-16,21H,7-13H2,1H3,(H,19,22). The third-order valence-corrected chi connectivity index (χ3v) is 4.91. The molecule has 0 radical (unpaired) electrons. The zero-order chi connectivity index (χ0) is 16.3. The highest BCUT2D eigenvalue weighted by Crippen LogP contribution is 2.39. The second-order valence-electron chi connectivity index (χ2n) is 6.92. The van der Waals surface area contributed by atoms with Crippen LogP contribution in [0, 0.1) is 5.92 Å². The van der Waals surface area contributed by atoms with Gasteiger partial charge in [0.15, 0.2) is 0 Å². The zero-order valence-corrected chi connectivity index (χ0v) is 13.7. The Kier molecular flexibility index (Phi) is 4.99. The van der Waals surface area contributed by atoms with Gasteiger partial charge in [0.2, 0.25) is 0 Å². The molecule has 0 aromatic heterocycles. The molecule has 1 aliphatic heterocycles. The molecule has 1 aromatic rings. The van der Waals surface area contributed by atoms with Gasteiger partial charge in [0.1, 0.15) is 6.10 Å². The molecule has 1 aliphatic carbocycles. The highest BCUT2D eigenvalue weighted by Gasteiger charge is 2.43. The van der Waals surface area contributed by atoms with Crippen molar-refractivity contribution in [2.24, 2.45) is 5.92 Å². The fourth-order valence-electron chi connectivity index (χ4n) is 3.20. The van der Waals surface area contributed by atoms with Crippen LogP contribution in [-0.4, -0.2) is 53.9 Å². The molecule has 23 heavy (non-hydrogen) atoms. The summed E-state index contributed by atoms with van der Waals surface area (Å²) in [6, 6.07) is 10.3. The molecule has 1 amide bonds. The molecule has 5 nitrogen and oxygen atoms in total. The van der Waals surface area contributed by atoms with Crippen molar-refractivity contribution in [3.05, 3.63) is 35.9 Å². The van der Waals surface area contributed by atoms with Gasteiger partial charge in [-0.25, -0.2) is 0 Å². The Hall–Kier alpha value is -1.43. The summed E-state index contributed by atoms with van der Waals surface area (Å²) in [6.45, 7) is 4.71. The molecule has 0 spiro atoms. The number of benzene rings is 1. The zero-order valence-electron chi connectivity index (χ0n) is 13.7. The van der Waals surface area contributed by atoms with Gasteiger partial charge in [-0.2, -0.15) is 0 Å². The van der Waals surface area contributed by atoms with E-state index in [1.807, 2.05) is 25.1 Å². The van der Waals surface area contributed by atoms with Crippen molar-refractivity contribution >= 4 is 5.91 Å². The highest BCUT2D eigenvalue weighted by atomic mass is 16.5. The number of nitrogens with zero attached hydrogens (tertiary/aromatic N) is 1. The number of hydrogen-bond donors (Lipinski definition) is 2. The molecule has 2 unspecified atom stereocenters. The lowest BCUT2D eigenvalue weighted by atomic mass is 9.96. The molecule has 2 atom stereocenters. The normalized spacial score (nSPS) is 24.9. The average molecular weight is 318 g/mol. The van der Waals surface area contributed by atoms with Gasteiger partial charge < -0.3 is 15.2 Å². The van der Waals surface area contributed by atoms with Crippen LogP contribution in [0.25, 0.3) is 0 Å². The number of carbonyl (C=O) groups excluding carboxylic acids is 1. The van der Waals surface area contributed by atoms with Crippen LogP contribution in [0.5, 0.6) is 0 Å². The Morgan fingerprint density at radius 3 is 2.78 bits per heavy atom. The molecule has 5 heteroatoms. The minimum atomic E-state index is -0.512. The van der Waals surface area contributed by atoms with E-state index in [1.165, 1.54) is 5.56 Å². The minimum absolute atomic E-state index is 0.0240. The summed E-state index contributed by atoms with van der Waals surface area (Å²) in [7, 11) is 0. The minimum Gasteiger partial charge on any atom is -0.394 e. The smallest absolute Gasteiger partial charge is 0.250 e. The second-order valence-corrected chi connectivity index (χ2v) is 6.92. The van der Waals surface area contributed by atoms with Gasteiger partial charge in [0, 0.05) is 19.6 Å². The molecule has 2 aliphatic rings. The van der Waals surface area contributed by atoms with Crippen LogP contribution in [-0.2, 0) is 16.1 Å². The molecule has 1 saturated heterocycles. The Morgan fingerprint density at radius 2 is 2.13 bits per heavy atom. The van der Waals surface area contributed by atoms with Crippen molar-refractivity contribution in [3.63, 3.8) is 0 Å². The van der Waals surface area contributed by atoms with Crippen molar-refractivity contribution in [2.45, 2.75) is 38.0 Å². The third-order valence-electron chi connectivity index (χ3n) is 4.91. The van der Waals surface area contributed by atoms with Crippen LogP contribution in [0.3, 0.4) is 0 Å². The number of morpholine rings is 1. The van der Waals surface area contributed by atoms with Crippen LogP contribution in [0.1, 0.15) is 25.3 Å². The fourth-order valence-corrected chi connectivity index (χ4v) is 3.20. The first-order chi connectivity index (χ1) is 11.1. The SMILES string of the molecule is CC(CO)(NC(=O)C1CN(Cc2ccccc2)CCO1)C1CC1. The quantitative estimate of drug-likeness (QED) is 0.826. The number of nitrogens with one attached hydrogen (secondary N) is 1. The van der Waals surface area contributed by atoms with E-state index in [9.17, 15) is 9.90 Å². The summed E-state index contributed by atoms with van der Waals surface area (Å²) < 4.78 is 5.66. The van der Waals surface area contributed by atoms with E-state index in [2.05, 4.69) is 22.3 Å². The van der Waals surface area contributed by atoms with Crippen molar-refractivity contribution in [1.82, 2.24) is 10.2 Å². The van der Waals surface area contributed by atoms with Gasteiger partial charge in [-0.05, 0) is 31.2 Å². The van der Waals surface area contributed by atoms with Crippen LogP contribution in [0.2, 0.25) is 0 Å². The molecule has 1 saturated carbocycles. The van der Waals surface area contributed by atoms with Crippen LogP contribution >= 0.6 is 0 Å². The Labute approximate surface area is 137 Å². The Morgan fingerprint density at radius 1 is 1.39 bits per heavy atom. The number of carbonyl (C=O) groups is 1. The van der Waals surface area contributed by atoms with E-state index >= 15 is 0 Å². The lowest BCUT2D eigenvalue weighted by Crippen LogP contribution is -2.57. The van der Waals surface area contributed by atoms with E-state index in [-0.39, 0.29) is 12.5 Å². The first-order valence-electron chi connectivity index (χ1n) is 8.41. The number of hydrogen-bond acceptors (Lipinski definition) is 4. The maximum atomic E-state index is 12.5.